The third-order valence-electron chi connectivity index (χ3n) is 2.00. The minimum Gasteiger partial charge on any atom is -0.378 e. The number of hydrogen-bond donors (Lipinski definition) is 0. The molecule has 1 rings (SSSR count). The van der Waals surface area contributed by atoms with Gasteiger partial charge in [0.15, 0.2) is 0 Å². The quantitative estimate of drug-likeness (QED) is 0.508. The van der Waals surface area contributed by atoms with E-state index < -0.39 is 0 Å². The van der Waals surface area contributed by atoms with E-state index in [-0.39, 0.29) is 0 Å². The Morgan fingerprint density at radius 3 is 3.10 bits per heavy atom. The summed E-state index contributed by atoms with van der Waals surface area (Å²) >= 11 is 0. The molecule has 0 saturated heterocycles. The second kappa shape index (κ2) is 3.77. The van der Waals surface area contributed by atoms with E-state index in [9.17, 15) is 0 Å². The molecule has 1 nitrogen and oxygen atoms in total. The van der Waals surface area contributed by atoms with E-state index in [1.165, 1.54) is 6.42 Å². The fraction of sp³-hybridized carbons (Fsp3) is 0.778. The molecule has 0 fully saturated rings. The molecule has 0 bridgehead atoms. The highest BCUT2D eigenvalue weighted by molar-refractivity contribution is 4.91. The summed E-state index contributed by atoms with van der Waals surface area (Å²) in [5.74, 6) is 0.657. The Bertz CT molecular complexity index is 118. The van der Waals surface area contributed by atoms with Crippen LogP contribution >= 0.6 is 0 Å². The van der Waals surface area contributed by atoms with Crippen LogP contribution in [0.5, 0.6) is 0 Å². The van der Waals surface area contributed by atoms with Gasteiger partial charge < -0.3 is 4.74 Å². The van der Waals surface area contributed by atoms with Crippen molar-refractivity contribution in [3.63, 3.8) is 0 Å². The van der Waals surface area contributed by atoms with Gasteiger partial charge in [0.1, 0.15) is 0 Å². The Morgan fingerprint density at radius 2 is 2.40 bits per heavy atom. The highest BCUT2D eigenvalue weighted by atomic mass is 16.5. The van der Waals surface area contributed by atoms with Crippen molar-refractivity contribution in [2.75, 3.05) is 6.61 Å². The van der Waals surface area contributed by atoms with Crippen LogP contribution in [0.3, 0.4) is 0 Å². The lowest BCUT2D eigenvalue weighted by molar-refractivity contribution is 0.0562. The number of rotatable bonds is 1. The third kappa shape index (κ3) is 2.14. The zero-order chi connectivity index (χ0) is 7.40. The molecule has 1 aliphatic heterocycles. The highest BCUT2D eigenvalue weighted by Gasteiger charge is 2.08. The zero-order valence-corrected chi connectivity index (χ0v) is 6.84. The van der Waals surface area contributed by atoms with Gasteiger partial charge in [-0.15, -0.1) is 0 Å². The molecule has 0 amide bonds. The molecule has 0 N–H and O–H groups in total. The molecule has 58 valence electrons. The van der Waals surface area contributed by atoms with E-state index in [0.717, 1.165) is 13.0 Å². The fourth-order valence-electron chi connectivity index (χ4n) is 1.13. The van der Waals surface area contributed by atoms with Gasteiger partial charge in [-0.1, -0.05) is 19.1 Å². The zero-order valence-electron chi connectivity index (χ0n) is 6.84. The summed E-state index contributed by atoms with van der Waals surface area (Å²) in [6.45, 7) is 5.24. The van der Waals surface area contributed by atoms with Gasteiger partial charge >= 0.3 is 0 Å². The van der Waals surface area contributed by atoms with Crippen LogP contribution in [-0.4, -0.2) is 12.7 Å². The summed E-state index contributed by atoms with van der Waals surface area (Å²) in [6, 6.07) is 0. The van der Waals surface area contributed by atoms with E-state index in [2.05, 4.69) is 26.0 Å². The van der Waals surface area contributed by atoms with Crippen molar-refractivity contribution < 1.29 is 4.74 Å². The molecule has 1 heteroatoms. The van der Waals surface area contributed by atoms with Crippen molar-refractivity contribution in [1.29, 1.82) is 0 Å². The van der Waals surface area contributed by atoms with Gasteiger partial charge in [0.25, 0.3) is 0 Å². The fourth-order valence-corrected chi connectivity index (χ4v) is 1.13. The normalized spacial score (nSPS) is 33.8. The van der Waals surface area contributed by atoms with Gasteiger partial charge in [0.05, 0.1) is 12.7 Å². The molecule has 0 aliphatic carbocycles. The topological polar surface area (TPSA) is 9.23 Å². The molecule has 0 aromatic carbocycles. The van der Waals surface area contributed by atoms with Crippen molar-refractivity contribution in [1.82, 2.24) is 0 Å². The monoisotopic (exact) mass is 140 g/mol. The Balaban J connectivity index is 2.38. The summed E-state index contributed by atoms with van der Waals surface area (Å²) < 4.78 is 5.54. The van der Waals surface area contributed by atoms with Crippen LogP contribution in [0.25, 0.3) is 0 Å². The van der Waals surface area contributed by atoms with Crippen LogP contribution in [0.4, 0.5) is 0 Å². The van der Waals surface area contributed by atoms with Gasteiger partial charge in [-0.3, -0.25) is 0 Å². The van der Waals surface area contributed by atoms with Crippen molar-refractivity contribution in [3.8, 4) is 0 Å². The van der Waals surface area contributed by atoms with Crippen LogP contribution in [-0.2, 0) is 4.74 Å². The van der Waals surface area contributed by atoms with E-state index in [0.29, 0.717) is 12.0 Å². The summed E-state index contributed by atoms with van der Waals surface area (Å²) in [7, 11) is 0. The van der Waals surface area contributed by atoms with Gasteiger partial charge in [-0.25, -0.2) is 0 Å². The minimum atomic E-state index is 0.424. The van der Waals surface area contributed by atoms with Gasteiger partial charge in [-0.05, 0) is 25.7 Å². The molecule has 10 heavy (non-hydrogen) atoms. The second-order valence-electron chi connectivity index (χ2n) is 2.98. The minimum absolute atomic E-state index is 0.424. The predicted octanol–water partition coefficient (Wildman–Crippen LogP) is 2.38. The van der Waals surface area contributed by atoms with Crippen molar-refractivity contribution in [2.24, 2.45) is 5.92 Å². The maximum absolute atomic E-state index is 5.54. The first-order chi connectivity index (χ1) is 4.83. The Morgan fingerprint density at radius 1 is 1.60 bits per heavy atom. The maximum atomic E-state index is 5.54. The van der Waals surface area contributed by atoms with E-state index in [4.69, 9.17) is 4.74 Å². The second-order valence-corrected chi connectivity index (χ2v) is 2.98. The predicted molar refractivity (Wildman–Crippen MR) is 43.0 cm³/mol. The smallest absolute Gasteiger partial charge is 0.0581 e. The molecule has 1 aliphatic rings. The maximum Gasteiger partial charge on any atom is 0.0581 e. The first kappa shape index (κ1) is 7.80. The lowest BCUT2D eigenvalue weighted by Crippen LogP contribution is -2.10. The lowest BCUT2D eigenvalue weighted by Gasteiger charge is -2.10. The Kier molecular flexibility index (Phi) is 2.94. The van der Waals surface area contributed by atoms with Crippen LogP contribution < -0.4 is 0 Å². The molecule has 0 unspecified atom stereocenters. The van der Waals surface area contributed by atoms with Crippen molar-refractivity contribution in [2.45, 2.75) is 32.8 Å². The molecule has 0 radical (unpaired) electrons. The van der Waals surface area contributed by atoms with Gasteiger partial charge in [-0.2, -0.15) is 0 Å². The lowest BCUT2D eigenvalue weighted by atomic mass is 10.1. The Labute approximate surface area is 63.1 Å². The van der Waals surface area contributed by atoms with Crippen molar-refractivity contribution in [3.05, 3.63) is 12.2 Å². The van der Waals surface area contributed by atoms with Gasteiger partial charge in [0.2, 0.25) is 0 Å². The van der Waals surface area contributed by atoms with Crippen LogP contribution in [0.15, 0.2) is 12.2 Å². The molecule has 0 aromatic rings. The summed E-state index contributed by atoms with van der Waals surface area (Å²) in [6.07, 6.45) is 7.22. The molecule has 0 spiro atoms. The van der Waals surface area contributed by atoms with E-state index in [1.807, 2.05) is 0 Å². The average molecular weight is 140 g/mol. The third-order valence-corrected chi connectivity index (χ3v) is 2.00. The van der Waals surface area contributed by atoms with Crippen LogP contribution in [0.2, 0.25) is 0 Å². The molecular formula is C9H16O. The summed E-state index contributed by atoms with van der Waals surface area (Å²) in [4.78, 5) is 0. The highest BCUT2D eigenvalue weighted by Crippen LogP contribution is 2.13. The van der Waals surface area contributed by atoms with Crippen molar-refractivity contribution >= 4 is 0 Å². The number of ether oxygens (including phenoxy) is 1. The van der Waals surface area contributed by atoms with Gasteiger partial charge in [0, 0.05) is 0 Å². The van der Waals surface area contributed by atoms with Crippen LogP contribution in [0, 0.1) is 5.92 Å². The largest absolute Gasteiger partial charge is 0.378 e. The molecule has 0 aromatic heterocycles. The first-order valence-corrected chi connectivity index (χ1v) is 4.11. The summed E-state index contributed by atoms with van der Waals surface area (Å²) in [5.41, 5.74) is 0. The molecule has 1 heterocycles. The molecule has 0 saturated carbocycles. The molecule has 2 atom stereocenters. The average Bonchev–Trinajstić information content (AvgIpc) is 2.14. The first-order valence-electron chi connectivity index (χ1n) is 4.11. The van der Waals surface area contributed by atoms with Crippen LogP contribution in [0.1, 0.15) is 26.7 Å². The number of hydrogen-bond acceptors (Lipinski definition) is 1. The van der Waals surface area contributed by atoms with E-state index >= 15 is 0 Å². The molecular weight excluding hydrogens is 124 g/mol. The summed E-state index contributed by atoms with van der Waals surface area (Å²) in [5, 5.41) is 0. The van der Waals surface area contributed by atoms with E-state index in [1.54, 1.807) is 0 Å². The SMILES string of the molecule is CC[C@@H]1C=CC[C@H](C)OC1. The Hall–Kier alpha value is -0.300. The standard InChI is InChI=1S/C9H16O/c1-3-9-6-4-5-8(2)10-7-9/h4,6,8-9H,3,5,7H2,1-2H3/t8-,9+/m0/s1.